The maximum Gasteiger partial charge on any atom is 0.142 e. The Morgan fingerprint density at radius 2 is 1.81 bits per heavy atom. The van der Waals surface area contributed by atoms with Gasteiger partial charge in [0.25, 0.3) is 0 Å². The van der Waals surface area contributed by atoms with Crippen molar-refractivity contribution in [2.24, 2.45) is 0 Å². The zero-order valence-corrected chi connectivity index (χ0v) is 13.1. The Balaban J connectivity index is 1.83. The Kier molecular flexibility index (Phi) is 5.34. The molecule has 0 aliphatic heterocycles. The van der Waals surface area contributed by atoms with E-state index in [1.165, 1.54) is 5.56 Å². The van der Waals surface area contributed by atoms with Crippen molar-refractivity contribution >= 4 is 17.3 Å². The Hall–Kier alpha value is -1.87. The lowest BCUT2D eigenvalue weighted by molar-refractivity contribution is 0.218. The molecule has 0 spiro atoms. The number of halogens is 1. The number of hydrogen-bond donors (Lipinski definition) is 1. The number of hydrogen-bond acceptors (Lipinski definition) is 3. The summed E-state index contributed by atoms with van der Waals surface area (Å²) in [5.41, 5.74) is 7.61. The molecule has 0 radical (unpaired) electrons. The second-order valence-corrected chi connectivity index (χ2v) is 5.54. The molecular weight excluding hydrogens is 286 g/mol. The van der Waals surface area contributed by atoms with Gasteiger partial charge in [-0.3, -0.25) is 0 Å². The molecule has 21 heavy (non-hydrogen) atoms. The number of nitrogen functional groups attached to an aromatic ring is 1. The van der Waals surface area contributed by atoms with Crippen LogP contribution >= 0.6 is 11.6 Å². The Bertz CT molecular complexity index is 599. The van der Waals surface area contributed by atoms with E-state index >= 15 is 0 Å². The summed E-state index contributed by atoms with van der Waals surface area (Å²) >= 11 is 5.84. The minimum Gasteiger partial charge on any atom is -0.490 e. The van der Waals surface area contributed by atoms with Gasteiger partial charge in [-0.25, -0.2) is 0 Å². The van der Waals surface area contributed by atoms with Crippen molar-refractivity contribution in [1.29, 1.82) is 0 Å². The first kappa shape index (κ1) is 15.5. The van der Waals surface area contributed by atoms with E-state index in [4.69, 9.17) is 26.8 Å². The average molecular weight is 306 g/mol. The fourth-order valence-electron chi connectivity index (χ4n) is 1.93. The van der Waals surface area contributed by atoms with Gasteiger partial charge in [0.05, 0.1) is 5.69 Å². The van der Waals surface area contributed by atoms with Gasteiger partial charge in [-0.15, -0.1) is 0 Å². The highest BCUT2D eigenvalue weighted by Gasteiger charge is 2.03. The first-order chi connectivity index (χ1) is 10.1. The van der Waals surface area contributed by atoms with Crippen molar-refractivity contribution in [1.82, 2.24) is 0 Å². The summed E-state index contributed by atoms with van der Waals surface area (Å²) in [6.07, 6.45) is 0. The standard InChI is InChI=1S/C17H20ClNO2/c1-12(2)13-4-3-5-15(10-13)20-8-9-21-17-7-6-14(18)11-16(17)19/h3-7,10-12H,8-9,19H2,1-2H3. The van der Waals surface area contributed by atoms with Crippen molar-refractivity contribution in [3.05, 3.63) is 53.1 Å². The van der Waals surface area contributed by atoms with Crippen LogP contribution in [0, 0.1) is 0 Å². The average Bonchev–Trinajstić information content (AvgIpc) is 2.45. The smallest absolute Gasteiger partial charge is 0.142 e. The van der Waals surface area contributed by atoms with Crippen LogP contribution < -0.4 is 15.2 Å². The lowest BCUT2D eigenvalue weighted by Crippen LogP contribution is -2.10. The van der Waals surface area contributed by atoms with Crippen LogP contribution in [0.25, 0.3) is 0 Å². The predicted molar refractivity (Wildman–Crippen MR) is 87.4 cm³/mol. The van der Waals surface area contributed by atoms with Gasteiger partial charge in [-0.2, -0.15) is 0 Å². The monoisotopic (exact) mass is 305 g/mol. The number of benzene rings is 2. The molecule has 0 saturated heterocycles. The molecule has 0 fully saturated rings. The Morgan fingerprint density at radius 1 is 1.05 bits per heavy atom. The molecule has 0 bridgehead atoms. The molecule has 2 aromatic carbocycles. The van der Waals surface area contributed by atoms with Crippen LogP contribution in [0.1, 0.15) is 25.3 Å². The number of anilines is 1. The molecule has 2 N–H and O–H groups in total. The van der Waals surface area contributed by atoms with Crippen LogP contribution in [0.3, 0.4) is 0 Å². The SMILES string of the molecule is CC(C)c1cccc(OCCOc2ccc(Cl)cc2N)c1. The summed E-state index contributed by atoms with van der Waals surface area (Å²) in [5, 5.41) is 0.599. The van der Waals surface area contributed by atoms with Crippen LogP contribution in [0.4, 0.5) is 5.69 Å². The number of ether oxygens (including phenoxy) is 2. The normalized spacial score (nSPS) is 10.7. The maximum atomic E-state index is 5.84. The molecule has 0 amide bonds. The first-order valence-electron chi connectivity index (χ1n) is 6.97. The summed E-state index contributed by atoms with van der Waals surface area (Å²) in [7, 11) is 0. The predicted octanol–water partition coefficient (Wildman–Crippen LogP) is 4.50. The summed E-state index contributed by atoms with van der Waals surface area (Å²) in [5.74, 6) is 1.96. The molecule has 2 rings (SSSR count). The second-order valence-electron chi connectivity index (χ2n) is 5.11. The van der Waals surface area contributed by atoms with Crippen molar-refractivity contribution in [2.45, 2.75) is 19.8 Å². The van der Waals surface area contributed by atoms with Crippen LogP contribution in [0.2, 0.25) is 5.02 Å². The summed E-state index contributed by atoms with van der Waals surface area (Å²) < 4.78 is 11.3. The highest BCUT2D eigenvalue weighted by Crippen LogP contribution is 2.25. The third kappa shape index (κ3) is 4.57. The highest BCUT2D eigenvalue weighted by atomic mass is 35.5. The molecule has 2 aromatic rings. The van der Waals surface area contributed by atoms with Crippen LogP contribution in [-0.2, 0) is 0 Å². The molecule has 3 nitrogen and oxygen atoms in total. The van der Waals surface area contributed by atoms with Gasteiger partial charge < -0.3 is 15.2 Å². The van der Waals surface area contributed by atoms with Crippen LogP contribution in [0.5, 0.6) is 11.5 Å². The lowest BCUT2D eigenvalue weighted by atomic mass is 10.0. The van der Waals surface area contributed by atoms with Gasteiger partial charge >= 0.3 is 0 Å². The topological polar surface area (TPSA) is 44.5 Å². The zero-order valence-electron chi connectivity index (χ0n) is 12.3. The molecule has 0 atom stereocenters. The van der Waals surface area contributed by atoms with Gasteiger partial charge in [0.2, 0.25) is 0 Å². The van der Waals surface area contributed by atoms with E-state index in [1.54, 1.807) is 18.2 Å². The van der Waals surface area contributed by atoms with Crippen molar-refractivity contribution in [3.8, 4) is 11.5 Å². The summed E-state index contributed by atoms with van der Waals surface area (Å²) in [4.78, 5) is 0. The molecule has 0 unspecified atom stereocenters. The molecule has 112 valence electrons. The maximum absolute atomic E-state index is 5.84. The molecule has 4 heteroatoms. The Morgan fingerprint density at radius 3 is 2.52 bits per heavy atom. The van der Waals surface area contributed by atoms with Gasteiger partial charge in [-0.1, -0.05) is 37.6 Å². The molecule has 0 saturated carbocycles. The minimum absolute atomic E-state index is 0.428. The molecule has 0 heterocycles. The molecular formula is C17H20ClNO2. The van der Waals surface area contributed by atoms with Gasteiger partial charge in [-0.05, 0) is 41.8 Å². The van der Waals surface area contributed by atoms with E-state index in [9.17, 15) is 0 Å². The summed E-state index contributed by atoms with van der Waals surface area (Å²) in [6, 6.07) is 13.3. The third-order valence-corrected chi connectivity index (χ3v) is 3.34. The third-order valence-electron chi connectivity index (χ3n) is 3.11. The highest BCUT2D eigenvalue weighted by molar-refractivity contribution is 6.30. The summed E-state index contributed by atoms with van der Waals surface area (Å²) in [6.45, 7) is 5.21. The van der Waals surface area contributed by atoms with E-state index in [0.29, 0.717) is 35.6 Å². The Labute approximate surface area is 130 Å². The fourth-order valence-corrected chi connectivity index (χ4v) is 2.11. The van der Waals surface area contributed by atoms with Crippen molar-refractivity contribution in [3.63, 3.8) is 0 Å². The van der Waals surface area contributed by atoms with Gasteiger partial charge in [0, 0.05) is 5.02 Å². The quantitative estimate of drug-likeness (QED) is 0.631. The first-order valence-corrected chi connectivity index (χ1v) is 7.34. The number of nitrogens with two attached hydrogens (primary N) is 1. The largest absolute Gasteiger partial charge is 0.490 e. The van der Waals surface area contributed by atoms with E-state index < -0.39 is 0 Å². The van der Waals surface area contributed by atoms with Crippen molar-refractivity contribution in [2.75, 3.05) is 18.9 Å². The molecule has 0 aromatic heterocycles. The van der Waals surface area contributed by atoms with Crippen LogP contribution in [-0.4, -0.2) is 13.2 Å². The van der Waals surface area contributed by atoms with Crippen molar-refractivity contribution < 1.29 is 9.47 Å². The van der Waals surface area contributed by atoms with E-state index in [0.717, 1.165) is 5.75 Å². The number of rotatable bonds is 6. The zero-order chi connectivity index (χ0) is 15.2. The lowest BCUT2D eigenvalue weighted by Gasteiger charge is -2.12. The fraction of sp³-hybridized carbons (Fsp3) is 0.294. The second kappa shape index (κ2) is 7.23. The van der Waals surface area contributed by atoms with E-state index in [2.05, 4.69) is 26.0 Å². The minimum atomic E-state index is 0.428. The van der Waals surface area contributed by atoms with E-state index in [-0.39, 0.29) is 0 Å². The van der Waals surface area contributed by atoms with Gasteiger partial charge in [0.15, 0.2) is 0 Å². The van der Waals surface area contributed by atoms with Gasteiger partial charge in [0.1, 0.15) is 24.7 Å². The van der Waals surface area contributed by atoms with E-state index in [1.807, 2.05) is 12.1 Å². The molecule has 0 aliphatic rings. The molecule has 0 aliphatic carbocycles. The van der Waals surface area contributed by atoms with Crippen LogP contribution in [0.15, 0.2) is 42.5 Å².